The van der Waals surface area contributed by atoms with E-state index in [-0.39, 0.29) is 11.6 Å². The molecule has 1 aromatic rings. The van der Waals surface area contributed by atoms with Gasteiger partial charge in [-0.25, -0.2) is 0 Å². The Morgan fingerprint density at radius 3 is 2.41 bits per heavy atom. The molecule has 2 rings (SSSR count). The fraction of sp³-hybridized carbons (Fsp3) is 0.533. The summed E-state index contributed by atoms with van der Waals surface area (Å²) in [5, 5.41) is 13.9. The Labute approximate surface area is 130 Å². The summed E-state index contributed by atoms with van der Waals surface area (Å²) >= 11 is 0. The highest BCUT2D eigenvalue weighted by atomic mass is 16.6. The molecule has 1 amide bonds. The summed E-state index contributed by atoms with van der Waals surface area (Å²) in [6, 6.07) is 4.79. The standard InChI is InChI=1S/C15H22N4O3/c1-11(2)17-6-8-18(9-7-17)15(20)13-10-12(19(21)22)4-5-14(13)16-3/h4-5,10-11,16H,6-9H2,1-3H3. The molecule has 1 aliphatic rings. The molecule has 0 unspecified atom stereocenters. The summed E-state index contributed by atoms with van der Waals surface area (Å²) in [7, 11) is 1.70. The second-order valence-corrected chi connectivity index (χ2v) is 5.66. The normalized spacial score (nSPS) is 15.9. The zero-order valence-electron chi connectivity index (χ0n) is 13.2. The third kappa shape index (κ3) is 3.36. The van der Waals surface area contributed by atoms with E-state index in [0.29, 0.717) is 30.4 Å². The fourth-order valence-corrected chi connectivity index (χ4v) is 2.65. The summed E-state index contributed by atoms with van der Waals surface area (Å²) in [5.41, 5.74) is 0.903. The highest BCUT2D eigenvalue weighted by molar-refractivity contribution is 6.00. The summed E-state index contributed by atoms with van der Waals surface area (Å²) in [6.07, 6.45) is 0. The highest BCUT2D eigenvalue weighted by Gasteiger charge is 2.26. The molecule has 120 valence electrons. The maximum atomic E-state index is 12.7. The molecule has 0 saturated carbocycles. The fourth-order valence-electron chi connectivity index (χ4n) is 2.65. The van der Waals surface area contributed by atoms with Crippen LogP contribution in [0.4, 0.5) is 11.4 Å². The van der Waals surface area contributed by atoms with Gasteiger partial charge in [-0.1, -0.05) is 0 Å². The Hall–Kier alpha value is -2.15. The Kier molecular flexibility index (Phi) is 4.97. The number of anilines is 1. The van der Waals surface area contributed by atoms with E-state index in [1.807, 2.05) is 0 Å². The van der Waals surface area contributed by atoms with Crippen molar-refractivity contribution in [2.75, 3.05) is 38.5 Å². The van der Waals surface area contributed by atoms with Crippen LogP contribution in [0.2, 0.25) is 0 Å². The monoisotopic (exact) mass is 306 g/mol. The third-order valence-corrected chi connectivity index (χ3v) is 4.05. The number of rotatable bonds is 4. The largest absolute Gasteiger partial charge is 0.387 e. The molecular weight excluding hydrogens is 284 g/mol. The predicted octanol–water partition coefficient (Wildman–Crippen LogP) is 1.80. The molecule has 1 N–H and O–H groups in total. The summed E-state index contributed by atoms with van der Waals surface area (Å²) < 4.78 is 0. The average molecular weight is 306 g/mol. The van der Waals surface area contributed by atoms with Gasteiger partial charge in [0.25, 0.3) is 11.6 Å². The van der Waals surface area contributed by atoms with Crippen molar-refractivity contribution in [3.05, 3.63) is 33.9 Å². The van der Waals surface area contributed by atoms with Crippen LogP contribution in [0.1, 0.15) is 24.2 Å². The zero-order chi connectivity index (χ0) is 16.3. The van der Waals surface area contributed by atoms with Crippen molar-refractivity contribution in [1.29, 1.82) is 0 Å². The van der Waals surface area contributed by atoms with Gasteiger partial charge in [0.1, 0.15) is 0 Å². The minimum absolute atomic E-state index is 0.0665. The maximum absolute atomic E-state index is 12.7. The van der Waals surface area contributed by atoms with Gasteiger partial charge in [0.2, 0.25) is 0 Å². The Bertz CT molecular complexity index is 566. The van der Waals surface area contributed by atoms with E-state index in [0.717, 1.165) is 13.1 Å². The number of piperazine rings is 1. The summed E-state index contributed by atoms with van der Waals surface area (Å²) in [4.78, 5) is 27.2. The number of hydrogen-bond acceptors (Lipinski definition) is 5. The van der Waals surface area contributed by atoms with Crippen LogP contribution in [0.5, 0.6) is 0 Å². The van der Waals surface area contributed by atoms with E-state index in [1.54, 1.807) is 18.0 Å². The minimum atomic E-state index is -0.479. The number of amides is 1. The number of benzene rings is 1. The molecule has 0 aromatic heterocycles. The number of nitrogens with zero attached hydrogens (tertiary/aromatic N) is 3. The van der Waals surface area contributed by atoms with Crippen LogP contribution < -0.4 is 5.32 Å². The maximum Gasteiger partial charge on any atom is 0.270 e. The van der Waals surface area contributed by atoms with Crippen LogP contribution in [0.15, 0.2) is 18.2 Å². The van der Waals surface area contributed by atoms with Crippen molar-refractivity contribution in [1.82, 2.24) is 9.80 Å². The summed E-state index contributed by atoms with van der Waals surface area (Å²) in [6.45, 7) is 7.21. The molecule has 1 aromatic carbocycles. The molecule has 1 fully saturated rings. The van der Waals surface area contributed by atoms with E-state index in [1.165, 1.54) is 12.1 Å². The van der Waals surface area contributed by atoms with E-state index in [4.69, 9.17) is 0 Å². The van der Waals surface area contributed by atoms with Crippen LogP contribution >= 0.6 is 0 Å². The van der Waals surface area contributed by atoms with Crippen LogP contribution in [0.25, 0.3) is 0 Å². The average Bonchev–Trinajstić information content (AvgIpc) is 2.53. The number of carbonyl (C=O) groups excluding carboxylic acids is 1. The molecule has 0 bridgehead atoms. The van der Waals surface area contributed by atoms with Gasteiger partial charge >= 0.3 is 0 Å². The first kappa shape index (κ1) is 16.2. The molecule has 7 nitrogen and oxygen atoms in total. The number of non-ortho nitro benzene ring substituents is 1. The van der Waals surface area contributed by atoms with Crippen LogP contribution in [0.3, 0.4) is 0 Å². The smallest absolute Gasteiger partial charge is 0.270 e. The topological polar surface area (TPSA) is 78.7 Å². The molecule has 1 saturated heterocycles. The van der Waals surface area contributed by atoms with Crippen molar-refractivity contribution < 1.29 is 9.72 Å². The number of nitro groups is 1. The lowest BCUT2D eigenvalue weighted by Gasteiger charge is -2.37. The van der Waals surface area contributed by atoms with Crippen molar-refractivity contribution in [2.24, 2.45) is 0 Å². The van der Waals surface area contributed by atoms with E-state index in [9.17, 15) is 14.9 Å². The van der Waals surface area contributed by atoms with Gasteiger partial charge in [-0.15, -0.1) is 0 Å². The number of nitrogens with one attached hydrogen (secondary N) is 1. The lowest BCUT2D eigenvalue weighted by atomic mass is 10.1. The first-order valence-corrected chi connectivity index (χ1v) is 7.43. The van der Waals surface area contributed by atoms with Gasteiger partial charge in [0, 0.05) is 57.1 Å². The lowest BCUT2D eigenvalue weighted by molar-refractivity contribution is -0.384. The molecule has 0 radical (unpaired) electrons. The number of hydrogen-bond donors (Lipinski definition) is 1. The Morgan fingerprint density at radius 2 is 1.91 bits per heavy atom. The van der Waals surface area contributed by atoms with Crippen molar-refractivity contribution >= 4 is 17.3 Å². The second-order valence-electron chi connectivity index (χ2n) is 5.66. The molecule has 1 heterocycles. The highest BCUT2D eigenvalue weighted by Crippen LogP contribution is 2.24. The van der Waals surface area contributed by atoms with E-state index < -0.39 is 4.92 Å². The van der Waals surface area contributed by atoms with Gasteiger partial charge in [-0.3, -0.25) is 19.8 Å². The molecule has 0 spiro atoms. The molecule has 7 heteroatoms. The van der Waals surface area contributed by atoms with Crippen LogP contribution in [0, 0.1) is 10.1 Å². The molecule has 22 heavy (non-hydrogen) atoms. The van der Waals surface area contributed by atoms with Gasteiger partial charge in [0.15, 0.2) is 0 Å². The minimum Gasteiger partial charge on any atom is -0.387 e. The molecule has 0 atom stereocenters. The van der Waals surface area contributed by atoms with E-state index >= 15 is 0 Å². The quantitative estimate of drug-likeness (QED) is 0.678. The van der Waals surface area contributed by atoms with E-state index in [2.05, 4.69) is 24.1 Å². The van der Waals surface area contributed by atoms with Crippen molar-refractivity contribution in [3.63, 3.8) is 0 Å². The second kappa shape index (κ2) is 6.74. The molecule has 1 aliphatic heterocycles. The summed E-state index contributed by atoms with van der Waals surface area (Å²) in [5.74, 6) is -0.156. The first-order valence-electron chi connectivity index (χ1n) is 7.43. The Balaban J connectivity index is 2.19. The van der Waals surface area contributed by atoms with Gasteiger partial charge in [-0.2, -0.15) is 0 Å². The lowest BCUT2D eigenvalue weighted by Crippen LogP contribution is -2.50. The Morgan fingerprint density at radius 1 is 1.27 bits per heavy atom. The van der Waals surface area contributed by atoms with Crippen LogP contribution in [-0.2, 0) is 0 Å². The van der Waals surface area contributed by atoms with Crippen molar-refractivity contribution in [2.45, 2.75) is 19.9 Å². The molecular formula is C15H22N4O3. The van der Waals surface area contributed by atoms with Gasteiger partial charge < -0.3 is 10.2 Å². The van der Waals surface area contributed by atoms with Gasteiger partial charge in [-0.05, 0) is 19.9 Å². The van der Waals surface area contributed by atoms with Crippen molar-refractivity contribution in [3.8, 4) is 0 Å². The number of nitro benzene ring substituents is 1. The van der Waals surface area contributed by atoms with Crippen LogP contribution in [-0.4, -0.2) is 59.9 Å². The first-order chi connectivity index (χ1) is 10.4. The zero-order valence-corrected chi connectivity index (χ0v) is 13.2. The predicted molar refractivity (Wildman–Crippen MR) is 85.3 cm³/mol. The molecule has 0 aliphatic carbocycles. The third-order valence-electron chi connectivity index (χ3n) is 4.05. The number of carbonyl (C=O) groups is 1. The SMILES string of the molecule is CNc1ccc([N+](=O)[O-])cc1C(=O)N1CCN(C(C)C)CC1. The van der Waals surface area contributed by atoms with Gasteiger partial charge in [0.05, 0.1) is 10.5 Å².